The molecule has 0 spiro atoms. The molecule has 1 aromatic carbocycles. The lowest BCUT2D eigenvalue weighted by Gasteiger charge is -2.04. The number of rotatable bonds is 4. The molecular weight excluding hydrogens is 333 g/mol. The van der Waals surface area contributed by atoms with E-state index in [0.717, 1.165) is 12.5 Å². The van der Waals surface area contributed by atoms with Gasteiger partial charge in [0.1, 0.15) is 22.2 Å². The summed E-state index contributed by atoms with van der Waals surface area (Å²) in [5.41, 5.74) is 6.60. The highest BCUT2D eigenvalue weighted by atomic mass is 32.2. The van der Waals surface area contributed by atoms with Gasteiger partial charge in [-0.15, -0.1) is 0 Å². The molecule has 0 saturated heterocycles. The summed E-state index contributed by atoms with van der Waals surface area (Å²) in [5.74, 6) is -0.245. The second-order valence-electron chi connectivity index (χ2n) is 5.21. The average Bonchev–Trinajstić information content (AvgIpc) is 2.97. The minimum Gasteiger partial charge on any atom is -0.382 e. The summed E-state index contributed by atoms with van der Waals surface area (Å²) in [7, 11) is -3.49. The van der Waals surface area contributed by atoms with Gasteiger partial charge in [-0.05, 0) is 12.1 Å². The predicted molar refractivity (Wildman–Crippen MR) is 86.3 cm³/mol. The fourth-order valence-corrected chi connectivity index (χ4v) is 2.83. The van der Waals surface area contributed by atoms with Crippen LogP contribution in [0.2, 0.25) is 0 Å². The zero-order valence-electron chi connectivity index (χ0n) is 12.7. The van der Waals surface area contributed by atoms with Gasteiger partial charge in [-0.3, -0.25) is 4.68 Å². The highest BCUT2D eigenvalue weighted by Gasteiger charge is 2.16. The Hall–Kier alpha value is -2.81. The number of nitrogens with two attached hydrogens (primary N) is 1. The molecule has 0 aliphatic heterocycles. The molecule has 0 fully saturated rings. The maximum absolute atomic E-state index is 13.7. The summed E-state index contributed by atoms with van der Waals surface area (Å²) in [6, 6.07) is 8.07. The van der Waals surface area contributed by atoms with Crippen LogP contribution in [-0.2, 0) is 16.4 Å². The van der Waals surface area contributed by atoms with Crippen molar-refractivity contribution < 1.29 is 12.8 Å². The third kappa shape index (κ3) is 3.25. The molecular formula is C15H14FN5O2S. The quantitative estimate of drug-likeness (QED) is 0.767. The SMILES string of the molecule is CS(=O)(=O)c1cnc(-c2ccn(Cc3ccccc3F)n2)nc1N. The fraction of sp³-hybridized carbons (Fsp3) is 0.133. The van der Waals surface area contributed by atoms with Crippen LogP contribution < -0.4 is 5.73 Å². The third-order valence-electron chi connectivity index (χ3n) is 3.34. The van der Waals surface area contributed by atoms with Crippen molar-refractivity contribution in [1.29, 1.82) is 0 Å². The number of aromatic nitrogens is 4. The lowest BCUT2D eigenvalue weighted by Crippen LogP contribution is -2.07. The molecule has 0 aliphatic rings. The molecule has 2 aromatic heterocycles. The van der Waals surface area contributed by atoms with Crippen LogP contribution in [0.1, 0.15) is 5.56 Å². The summed E-state index contributed by atoms with van der Waals surface area (Å²) in [6.45, 7) is 0.254. The first-order valence-corrected chi connectivity index (χ1v) is 8.83. The van der Waals surface area contributed by atoms with Crippen LogP contribution >= 0.6 is 0 Å². The van der Waals surface area contributed by atoms with Crippen LogP contribution in [0.25, 0.3) is 11.5 Å². The monoisotopic (exact) mass is 347 g/mol. The Bertz CT molecular complexity index is 1000. The normalized spacial score (nSPS) is 11.6. The first-order valence-electron chi connectivity index (χ1n) is 6.94. The zero-order valence-corrected chi connectivity index (χ0v) is 13.5. The fourth-order valence-electron chi connectivity index (χ4n) is 2.16. The van der Waals surface area contributed by atoms with Crippen LogP contribution in [0.15, 0.2) is 47.6 Å². The first-order chi connectivity index (χ1) is 11.3. The molecule has 0 unspecified atom stereocenters. The molecule has 3 aromatic rings. The van der Waals surface area contributed by atoms with Gasteiger partial charge in [0, 0.05) is 18.0 Å². The maximum Gasteiger partial charge on any atom is 0.182 e. The minimum absolute atomic E-state index is 0.128. The number of hydrogen-bond donors (Lipinski definition) is 1. The van der Waals surface area contributed by atoms with Gasteiger partial charge in [0.2, 0.25) is 0 Å². The van der Waals surface area contributed by atoms with Crippen LogP contribution in [0, 0.1) is 5.82 Å². The highest BCUT2D eigenvalue weighted by Crippen LogP contribution is 2.19. The van der Waals surface area contributed by atoms with E-state index >= 15 is 0 Å². The summed E-state index contributed by atoms with van der Waals surface area (Å²) < 4.78 is 38.3. The van der Waals surface area contributed by atoms with Gasteiger partial charge in [0.15, 0.2) is 15.7 Å². The van der Waals surface area contributed by atoms with E-state index in [-0.39, 0.29) is 28.9 Å². The van der Waals surface area contributed by atoms with Crippen molar-refractivity contribution in [3.8, 4) is 11.5 Å². The second kappa shape index (κ2) is 6.00. The van der Waals surface area contributed by atoms with E-state index in [1.165, 1.54) is 10.7 Å². The summed E-state index contributed by atoms with van der Waals surface area (Å²) in [4.78, 5) is 7.85. The van der Waals surface area contributed by atoms with Crippen molar-refractivity contribution in [1.82, 2.24) is 19.7 Å². The Morgan fingerprint density at radius 1 is 1.25 bits per heavy atom. The number of hydrogen-bond acceptors (Lipinski definition) is 6. The van der Waals surface area contributed by atoms with Gasteiger partial charge in [-0.25, -0.2) is 22.8 Å². The van der Waals surface area contributed by atoms with Crippen molar-refractivity contribution in [3.05, 3.63) is 54.1 Å². The van der Waals surface area contributed by atoms with Crippen LogP contribution in [0.5, 0.6) is 0 Å². The Morgan fingerprint density at radius 3 is 2.67 bits per heavy atom. The van der Waals surface area contributed by atoms with Crippen LogP contribution in [0.4, 0.5) is 10.2 Å². The molecule has 7 nitrogen and oxygen atoms in total. The summed E-state index contributed by atoms with van der Waals surface area (Å²) in [6.07, 6.45) is 3.85. The van der Waals surface area contributed by atoms with Gasteiger partial charge in [0.25, 0.3) is 0 Å². The molecule has 2 N–H and O–H groups in total. The number of anilines is 1. The molecule has 0 amide bonds. The number of sulfone groups is 1. The lowest BCUT2D eigenvalue weighted by atomic mass is 10.2. The molecule has 0 bridgehead atoms. The first kappa shape index (κ1) is 16.1. The molecule has 124 valence electrons. The van der Waals surface area contributed by atoms with Crippen LogP contribution in [-0.4, -0.2) is 34.4 Å². The predicted octanol–water partition coefficient (Wildman–Crippen LogP) is 1.51. The molecule has 24 heavy (non-hydrogen) atoms. The van der Waals surface area contributed by atoms with E-state index in [1.54, 1.807) is 30.5 Å². The van der Waals surface area contributed by atoms with Crippen molar-refractivity contribution in [2.75, 3.05) is 12.0 Å². The zero-order chi connectivity index (χ0) is 17.3. The minimum atomic E-state index is -3.49. The summed E-state index contributed by atoms with van der Waals surface area (Å²) in [5, 5.41) is 4.27. The van der Waals surface area contributed by atoms with E-state index < -0.39 is 9.84 Å². The number of benzene rings is 1. The summed E-state index contributed by atoms with van der Waals surface area (Å²) >= 11 is 0. The Labute approximate surface area is 137 Å². The molecule has 0 saturated carbocycles. The lowest BCUT2D eigenvalue weighted by molar-refractivity contribution is 0.585. The Kier molecular flexibility index (Phi) is 4.02. The number of nitrogens with zero attached hydrogens (tertiary/aromatic N) is 4. The van der Waals surface area contributed by atoms with Crippen LogP contribution in [0.3, 0.4) is 0 Å². The Balaban J connectivity index is 1.89. The molecule has 0 radical (unpaired) electrons. The third-order valence-corrected chi connectivity index (χ3v) is 4.46. The smallest absolute Gasteiger partial charge is 0.182 e. The second-order valence-corrected chi connectivity index (χ2v) is 7.19. The van der Waals surface area contributed by atoms with Gasteiger partial charge in [0.05, 0.1) is 12.7 Å². The average molecular weight is 347 g/mol. The highest BCUT2D eigenvalue weighted by molar-refractivity contribution is 7.90. The molecule has 2 heterocycles. The molecule has 0 aliphatic carbocycles. The van der Waals surface area contributed by atoms with E-state index in [9.17, 15) is 12.8 Å². The van der Waals surface area contributed by atoms with Gasteiger partial charge in [-0.1, -0.05) is 18.2 Å². The van der Waals surface area contributed by atoms with Gasteiger partial charge < -0.3 is 5.73 Å². The van der Waals surface area contributed by atoms with Crippen molar-refractivity contribution in [2.24, 2.45) is 0 Å². The maximum atomic E-state index is 13.7. The van der Waals surface area contributed by atoms with E-state index in [0.29, 0.717) is 11.3 Å². The van der Waals surface area contributed by atoms with E-state index in [4.69, 9.17) is 5.73 Å². The largest absolute Gasteiger partial charge is 0.382 e. The van der Waals surface area contributed by atoms with Gasteiger partial charge >= 0.3 is 0 Å². The van der Waals surface area contributed by atoms with E-state index in [2.05, 4.69) is 15.1 Å². The van der Waals surface area contributed by atoms with Gasteiger partial charge in [-0.2, -0.15) is 5.10 Å². The van der Waals surface area contributed by atoms with Crippen molar-refractivity contribution >= 4 is 15.7 Å². The number of halogens is 1. The molecule has 0 atom stereocenters. The van der Waals surface area contributed by atoms with E-state index in [1.807, 2.05) is 0 Å². The van der Waals surface area contributed by atoms with Crippen molar-refractivity contribution in [2.45, 2.75) is 11.4 Å². The molecule has 3 rings (SSSR count). The van der Waals surface area contributed by atoms with Crippen molar-refractivity contribution in [3.63, 3.8) is 0 Å². The molecule has 9 heteroatoms. The topological polar surface area (TPSA) is 104 Å². The Morgan fingerprint density at radius 2 is 2.00 bits per heavy atom. The number of nitrogen functional groups attached to an aromatic ring is 1. The standard InChI is InChI=1S/C15H14FN5O2S/c1-24(22,23)13-8-18-15(19-14(13)17)12-6-7-21(20-12)9-10-4-2-3-5-11(10)16/h2-8H,9H2,1H3,(H2,17,18,19).